The summed E-state index contributed by atoms with van der Waals surface area (Å²) in [6, 6.07) is 17.5. The van der Waals surface area contributed by atoms with E-state index in [1.165, 1.54) is 12.5 Å². The molecule has 0 aromatic heterocycles. The van der Waals surface area contributed by atoms with Crippen LogP contribution in [-0.4, -0.2) is 43.1 Å². The van der Waals surface area contributed by atoms with Crippen molar-refractivity contribution in [1.82, 2.24) is 16.0 Å². The van der Waals surface area contributed by atoms with Crippen molar-refractivity contribution >= 4 is 23.4 Å². The van der Waals surface area contributed by atoms with Crippen LogP contribution in [0, 0.1) is 5.92 Å². The van der Waals surface area contributed by atoms with Crippen molar-refractivity contribution in [2.24, 2.45) is 10.9 Å². The number of nitrogens with one attached hydrogen (secondary N) is 3. The number of amidine groups is 1. The Morgan fingerprint density at radius 3 is 2.14 bits per heavy atom. The zero-order valence-electron chi connectivity index (χ0n) is 26.9. The molecule has 0 aliphatic rings. The van der Waals surface area contributed by atoms with Crippen molar-refractivity contribution in [3.05, 3.63) is 77.5 Å². The minimum absolute atomic E-state index is 0.0222. The maximum absolute atomic E-state index is 11.8. The topological polar surface area (TPSA) is 109 Å². The van der Waals surface area contributed by atoms with E-state index in [-0.39, 0.29) is 24.2 Å². The van der Waals surface area contributed by atoms with E-state index in [2.05, 4.69) is 46.9 Å². The molecule has 8 heteroatoms. The third-order valence-corrected chi connectivity index (χ3v) is 5.76. The molecule has 1 unspecified atom stereocenters. The van der Waals surface area contributed by atoms with Gasteiger partial charge in [0.25, 0.3) is 5.91 Å². The van der Waals surface area contributed by atoms with Crippen LogP contribution in [0.1, 0.15) is 79.4 Å². The zero-order chi connectivity index (χ0) is 31.8. The lowest BCUT2D eigenvalue weighted by atomic mass is 10.0. The minimum Gasteiger partial charge on any atom is -0.483 e. The molecule has 2 amide bonds. The summed E-state index contributed by atoms with van der Waals surface area (Å²) in [7, 11) is 0. The smallest absolute Gasteiger partial charge is 0.257 e. The number of likely N-dealkylation sites (N-methyl/N-ethyl adjacent to an activating group) is 1. The number of aliphatic imine (C=N–C) groups is 1. The predicted molar refractivity (Wildman–Crippen MR) is 174 cm³/mol. The fourth-order valence-electron chi connectivity index (χ4n) is 3.32. The molecule has 0 radical (unpaired) electrons. The number of ether oxygens (including phenoxy) is 1. The van der Waals surface area contributed by atoms with Crippen LogP contribution in [0.25, 0.3) is 0 Å². The summed E-state index contributed by atoms with van der Waals surface area (Å²) in [5.74, 6) is 1.26. The standard InChI is InChI=1S/C17H26N2O3.C15H20N2O.C2H6/c1-4-13(3)10-16(20)19-11-14-8-6-7-9-15(14)22-12-17(21)18-5-2;1-12(2)11-17-15(13(3)18)16-10-9-14-7-5-4-6-8-14;1-2/h6-9,13H,4-5,10-12H2,1-3H3,(H,18,21)(H,19,20);4-8,11H,9-10H2,1-3H3,(H,16,17);1-2H3. The molecule has 2 aromatic rings. The molecule has 0 aliphatic heterocycles. The summed E-state index contributed by atoms with van der Waals surface area (Å²) in [5, 5.41) is 8.52. The van der Waals surface area contributed by atoms with Gasteiger partial charge < -0.3 is 20.7 Å². The molecule has 0 fully saturated rings. The molecule has 0 heterocycles. The molecule has 0 bridgehead atoms. The minimum atomic E-state index is -0.155. The van der Waals surface area contributed by atoms with Crippen molar-refractivity contribution in [3.63, 3.8) is 0 Å². The van der Waals surface area contributed by atoms with Gasteiger partial charge in [0.1, 0.15) is 5.75 Å². The molecule has 1 atom stereocenters. The largest absolute Gasteiger partial charge is 0.483 e. The SMILES string of the molecule is CC.CC(=O)C(=NCCc1ccccc1)NC=C(C)C.CCNC(=O)COc1ccccc1CNC(=O)CC(C)CC. The molecule has 2 rings (SSSR count). The number of benzene rings is 2. The van der Waals surface area contributed by atoms with Crippen LogP contribution in [-0.2, 0) is 27.3 Å². The van der Waals surface area contributed by atoms with Crippen molar-refractivity contribution < 1.29 is 19.1 Å². The second-order valence-corrected chi connectivity index (χ2v) is 9.73. The quantitative estimate of drug-likeness (QED) is 0.187. The Balaban J connectivity index is 0.000000769. The molecule has 8 nitrogen and oxygen atoms in total. The maximum atomic E-state index is 11.8. The van der Waals surface area contributed by atoms with Gasteiger partial charge in [-0.15, -0.1) is 0 Å². The van der Waals surface area contributed by atoms with Gasteiger partial charge in [0.2, 0.25) is 5.91 Å². The number of para-hydroxylation sites is 1. The lowest BCUT2D eigenvalue weighted by Crippen LogP contribution is -2.29. The van der Waals surface area contributed by atoms with Crippen LogP contribution in [0.3, 0.4) is 0 Å². The number of hydrogen-bond acceptors (Lipinski definition) is 5. The van der Waals surface area contributed by atoms with Gasteiger partial charge in [-0.3, -0.25) is 19.4 Å². The summed E-state index contributed by atoms with van der Waals surface area (Å²) in [5.41, 5.74) is 3.20. The van der Waals surface area contributed by atoms with Gasteiger partial charge in [0, 0.05) is 44.7 Å². The second kappa shape index (κ2) is 23.7. The Kier molecular flexibility index (Phi) is 21.5. The predicted octanol–water partition coefficient (Wildman–Crippen LogP) is 6.01. The first-order valence-electron chi connectivity index (χ1n) is 14.9. The average Bonchev–Trinajstić information content (AvgIpc) is 2.98. The number of allylic oxidation sites excluding steroid dienone is 1. The van der Waals surface area contributed by atoms with E-state index in [9.17, 15) is 14.4 Å². The number of carbonyl (C=O) groups is 3. The summed E-state index contributed by atoms with van der Waals surface area (Å²) in [6.45, 7) is 17.0. The highest BCUT2D eigenvalue weighted by Gasteiger charge is 2.10. The zero-order valence-corrected chi connectivity index (χ0v) is 26.9. The van der Waals surface area contributed by atoms with Gasteiger partial charge in [0.15, 0.2) is 18.2 Å². The van der Waals surface area contributed by atoms with Gasteiger partial charge in [-0.1, -0.05) is 88.2 Å². The van der Waals surface area contributed by atoms with Gasteiger partial charge in [-0.25, -0.2) is 0 Å². The summed E-state index contributed by atoms with van der Waals surface area (Å²) in [6.07, 6.45) is 4.15. The Bertz CT molecular complexity index is 1110. The van der Waals surface area contributed by atoms with Crippen LogP contribution in [0.15, 0.2) is 71.4 Å². The number of Topliss-reactive ketones (excluding diaryl/α,β-unsaturated/α-hetero) is 1. The first-order chi connectivity index (χ1) is 20.2. The van der Waals surface area contributed by atoms with Crippen LogP contribution in [0.5, 0.6) is 5.75 Å². The van der Waals surface area contributed by atoms with E-state index >= 15 is 0 Å². The molecular formula is C34H52N4O4. The maximum Gasteiger partial charge on any atom is 0.257 e. The van der Waals surface area contributed by atoms with E-state index in [1.54, 1.807) is 12.3 Å². The highest BCUT2D eigenvalue weighted by Crippen LogP contribution is 2.18. The Labute approximate surface area is 253 Å². The van der Waals surface area contributed by atoms with E-state index in [4.69, 9.17) is 4.74 Å². The fraction of sp³-hybridized carbons (Fsp3) is 0.471. The van der Waals surface area contributed by atoms with Gasteiger partial charge >= 0.3 is 0 Å². The first kappa shape index (κ1) is 38.1. The fourth-order valence-corrected chi connectivity index (χ4v) is 3.32. The van der Waals surface area contributed by atoms with Crippen LogP contribution >= 0.6 is 0 Å². The highest BCUT2D eigenvalue weighted by atomic mass is 16.5. The molecule has 0 aliphatic carbocycles. The lowest BCUT2D eigenvalue weighted by molar-refractivity contribution is -0.123. The van der Waals surface area contributed by atoms with Crippen LogP contribution in [0.2, 0.25) is 0 Å². The number of hydrogen-bond donors (Lipinski definition) is 3. The molecule has 0 spiro atoms. The van der Waals surface area contributed by atoms with E-state index in [1.807, 2.05) is 71.0 Å². The third kappa shape index (κ3) is 18.4. The summed E-state index contributed by atoms with van der Waals surface area (Å²) >= 11 is 0. The van der Waals surface area contributed by atoms with Gasteiger partial charge in [0.05, 0.1) is 0 Å². The van der Waals surface area contributed by atoms with Crippen molar-refractivity contribution in [2.45, 2.75) is 81.2 Å². The summed E-state index contributed by atoms with van der Waals surface area (Å²) in [4.78, 5) is 39.0. The average molecular weight is 581 g/mol. The first-order valence-corrected chi connectivity index (χ1v) is 14.9. The molecule has 42 heavy (non-hydrogen) atoms. The molecule has 0 saturated heterocycles. The van der Waals surface area contributed by atoms with Gasteiger partial charge in [-0.2, -0.15) is 0 Å². The number of ketones is 1. The van der Waals surface area contributed by atoms with E-state index < -0.39 is 0 Å². The number of rotatable bonds is 14. The molecule has 2 aromatic carbocycles. The number of amides is 2. The van der Waals surface area contributed by atoms with Gasteiger partial charge in [-0.05, 0) is 44.7 Å². The van der Waals surface area contributed by atoms with Crippen molar-refractivity contribution in [1.29, 1.82) is 0 Å². The second-order valence-electron chi connectivity index (χ2n) is 9.73. The van der Waals surface area contributed by atoms with Crippen molar-refractivity contribution in [2.75, 3.05) is 19.7 Å². The summed E-state index contributed by atoms with van der Waals surface area (Å²) < 4.78 is 5.52. The lowest BCUT2D eigenvalue weighted by Gasteiger charge is -2.13. The third-order valence-electron chi connectivity index (χ3n) is 5.76. The van der Waals surface area contributed by atoms with Crippen LogP contribution < -0.4 is 20.7 Å². The van der Waals surface area contributed by atoms with Crippen LogP contribution in [0.4, 0.5) is 0 Å². The van der Waals surface area contributed by atoms with E-state index in [0.717, 1.165) is 24.0 Å². The molecular weight excluding hydrogens is 528 g/mol. The number of carbonyl (C=O) groups excluding carboxylic acids is 3. The Morgan fingerprint density at radius 2 is 1.55 bits per heavy atom. The highest BCUT2D eigenvalue weighted by molar-refractivity contribution is 6.38. The molecule has 232 valence electrons. The van der Waals surface area contributed by atoms with Crippen molar-refractivity contribution in [3.8, 4) is 5.75 Å². The number of nitrogens with zero attached hydrogens (tertiary/aromatic N) is 1. The monoisotopic (exact) mass is 580 g/mol. The normalized spacial score (nSPS) is 10.9. The molecule has 0 saturated carbocycles. The van der Waals surface area contributed by atoms with E-state index in [0.29, 0.717) is 43.6 Å². The molecule has 3 N–H and O–H groups in total. The Morgan fingerprint density at radius 1 is 0.905 bits per heavy atom. The Hall–Kier alpha value is -3.94.